The molecular formula is C10H18N4. The Balaban J connectivity index is 2.27. The van der Waals surface area contributed by atoms with Gasteiger partial charge in [-0.3, -0.25) is 4.68 Å². The summed E-state index contributed by atoms with van der Waals surface area (Å²) in [6.45, 7) is 2.26. The van der Waals surface area contributed by atoms with Gasteiger partial charge in [0.25, 0.3) is 0 Å². The van der Waals surface area contributed by atoms with Crippen LogP contribution < -0.4 is 5.73 Å². The molecule has 1 fully saturated rings. The molecule has 1 aromatic heterocycles. The van der Waals surface area contributed by atoms with Gasteiger partial charge in [0.15, 0.2) is 0 Å². The number of aromatic nitrogens is 3. The summed E-state index contributed by atoms with van der Waals surface area (Å²) in [6.07, 6.45) is 6.13. The van der Waals surface area contributed by atoms with E-state index >= 15 is 0 Å². The topological polar surface area (TPSA) is 56.7 Å². The fraction of sp³-hybridized carbons (Fsp3) is 0.800. The molecule has 2 N–H and O–H groups in total. The zero-order chi connectivity index (χ0) is 10.2. The van der Waals surface area contributed by atoms with Gasteiger partial charge in [-0.25, -0.2) is 4.98 Å². The minimum absolute atomic E-state index is 0.247. The molecule has 2 atom stereocenters. The fourth-order valence-corrected chi connectivity index (χ4v) is 2.54. The molecule has 1 aliphatic carbocycles. The Hall–Kier alpha value is -0.900. The van der Waals surface area contributed by atoms with E-state index in [0.29, 0.717) is 5.92 Å². The van der Waals surface area contributed by atoms with E-state index in [2.05, 4.69) is 17.0 Å². The molecule has 2 unspecified atom stereocenters. The van der Waals surface area contributed by atoms with Crippen LogP contribution in [0.15, 0.2) is 6.33 Å². The van der Waals surface area contributed by atoms with E-state index in [1.54, 1.807) is 11.0 Å². The van der Waals surface area contributed by atoms with Gasteiger partial charge in [0.05, 0.1) is 5.54 Å². The first-order valence-electron chi connectivity index (χ1n) is 5.25. The Bertz CT molecular complexity index is 320. The van der Waals surface area contributed by atoms with Crippen LogP contribution >= 0.6 is 0 Å². The standard InChI is InChI=1S/C10H18N4/c1-8-4-3-5-10(11,6-8)9-12-7-13-14(9)2/h7-8H,3-6,11H2,1-2H3. The summed E-state index contributed by atoms with van der Waals surface area (Å²) in [5, 5.41) is 4.09. The SMILES string of the molecule is CC1CCCC(N)(c2ncnn2C)C1. The predicted molar refractivity (Wildman–Crippen MR) is 54.5 cm³/mol. The average Bonchev–Trinajstić information content (AvgIpc) is 2.51. The summed E-state index contributed by atoms with van der Waals surface area (Å²) < 4.78 is 1.80. The number of rotatable bonds is 1. The molecule has 14 heavy (non-hydrogen) atoms. The van der Waals surface area contributed by atoms with Crippen LogP contribution in [0.5, 0.6) is 0 Å². The van der Waals surface area contributed by atoms with Crippen molar-refractivity contribution in [2.75, 3.05) is 0 Å². The van der Waals surface area contributed by atoms with Crippen molar-refractivity contribution in [1.29, 1.82) is 0 Å². The molecule has 2 rings (SSSR count). The lowest BCUT2D eigenvalue weighted by molar-refractivity contribution is 0.222. The first kappa shape index (κ1) is 9.65. The monoisotopic (exact) mass is 194 g/mol. The van der Waals surface area contributed by atoms with Crippen LogP contribution in [0.4, 0.5) is 0 Å². The Kier molecular flexibility index (Phi) is 2.31. The molecule has 0 radical (unpaired) electrons. The van der Waals surface area contributed by atoms with Gasteiger partial charge in [-0.15, -0.1) is 0 Å². The normalized spacial score (nSPS) is 33.2. The number of aryl methyl sites for hydroxylation is 1. The van der Waals surface area contributed by atoms with E-state index in [-0.39, 0.29) is 5.54 Å². The summed E-state index contributed by atoms with van der Waals surface area (Å²) in [5.74, 6) is 1.63. The number of hydrogen-bond acceptors (Lipinski definition) is 3. The van der Waals surface area contributed by atoms with Crippen LogP contribution in [0, 0.1) is 5.92 Å². The van der Waals surface area contributed by atoms with Crippen molar-refractivity contribution < 1.29 is 0 Å². The number of hydrogen-bond donors (Lipinski definition) is 1. The van der Waals surface area contributed by atoms with Gasteiger partial charge in [0.1, 0.15) is 12.2 Å². The minimum atomic E-state index is -0.247. The van der Waals surface area contributed by atoms with Crippen molar-refractivity contribution in [3.63, 3.8) is 0 Å². The van der Waals surface area contributed by atoms with E-state index < -0.39 is 0 Å². The summed E-state index contributed by atoms with van der Waals surface area (Å²) in [5.41, 5.74) is 6.15. The average molecular weight is 194 g/mol. The molecule has 0 aliphatic heterocycles. The van der Waals surface area contributed by atoms with Crippen molar-refractivity contribution in [1.82, 2.24) is 14.8 Å². The van der Waals surface area contributed by atoms with Crippen molar-refractivity contribution in [2.45, 2.75) is 38.1 Å². The zero-order valence-electron chi connectivity index (χ0n) is 8.90. The van der Waals surface area contributed by atoms with Gasteiger partial charge in [0.2, 0.25) is 0 Å². The number of nitrogens with two attached hydrogens (primary N) is 1. The Morgan fingerprint density at radius 3 is 3.00 bits per heavy atom. The molecule has 0 aromatic carbocycles. The van der Waals surface area contributed by atoms with Crippen molar-refractivity contribution in [3.05, 3.63) is 12.2 Å². The second kappa shape index (κ2) is 3.35. The molecule has 0 spiro atoms. The van der Waals surface area contributed by atoms with Crippen LogP contribution in [0.2, 0.25) is 0 Å². The fourth-order valence-electron chi connectivity index (χ4n) is 2.54. The van der Waals surface area contributed by atoms with E-state index in [1.807, 2.05) is 7.05 Å². The maximum Gasteiger partial charge on any atom is 0.146 e. The molecule has 78 valence electrons. The maximum absolute atomic E-state index is 6.39. The van der Waals surface area contributed by atoms with Crippen molar-refractivity contribution >= 4 is 0 Å². The first-order chi connectivity index (χ1) is 6.62. The first-order valence-corrected chi connectivity index (χ1v) is 5.25. The van der Waals surface area contributed by atoms with Crippen LogP contribution in [-0.2, 0) is 12.6 Å². The summed E-state index contributed by atoms with van der Waals surface area (Å²) >= 11 is 0. The molecule has 4 nitrogen and oxygen atoms in total. The largest absolute Gasteiger partial charge is 0.319 e. The second-order valence-corrected chi connectivity index (χ2v) is 4.56. The molecule has 0 saturated heterocycles. The third kappa shape index (κ3) is 1.54. The highest BCUT2D eigenvalue weighted by Crippen LogP contribution is 2.36. The molecule has 0 amide bonds. The third-order valence-electron chi connectivity index (χ3n) is 3.19. The third-order valence-corrected chi connectivity index (χ3v) is 3.19. The summed E-state index contributed by atoms with van der Waals surface area (Å²) in [6, 6.07) is 0. The number of nitrogens with zero attached hydrogens (tertiary/aromatic N) is 3. The molecule has 1 heterocycles. The highest BCUT2D eigenvalue weighted by Gasteiger charge is 2.36. The molecule has 4 heteroatoms. The zero-order valence-corrected chi connectivity index (χ0v) is 8.90. The summed E-state index contributed by atoms with van der Waals surface area (Å²) in [7, 11) is 1.91. The van der Waals surface area contributed by atoms with Gasteiger partial charge in [-0.05, 0) is 18.8 Å². The van der Waals surface area contributed by atoms with Crippen molar-refractivity contribution in [3.8, 4) is 0 Å². The molecule has 1 saturated carbocycles. The Labute approximate surface area is 84.5 Å². The van der Waals surface area contributed by atoms with Crippen LogP contribution in [0.1, 0.15) is 38.4 Å². The minimum Gasteiger partial charge on any atom is -0.319 e. The Morgan fingerprint density at radius 1 is 1.64 bits per heavy atom. The van der Waals surface area contributed by atoms with Gasteiger partial charge in [0, 0.05) is 7.05 Å². The van der Waals surface area contributed by atoms with Crippen LogP contribution in [0.3, 0.4) is 0 Å². The van der Waals surface area contributed by atoms with Gasteiger partial charge in [-0.2, -0.15) is 5.10 Å². The van der Waals surface area contributed by atoms with E-state index in [4.69, 9.17) is 5.73 Å². The highest BCUT2D eigenvalue weighted by molar-refractivity contribution is 5.06. The second-order valence-electron chi connectivity index (χ2n) is 4.56. The smallest absolute Gasteiger partial charge is 0.146 e. The van der Waals surface area contributed by atoms with E-state index in [0.717, 1.165) is 18.7 Å². The van der Waals surface area contributed by atoms with Crippen LogP contribution in [0.25, 0.3) is 0 Å². The molecule has 1 aliphatic rings. The lowest BCUT2D eigenvalue weighted by Crippen LogP contribution is -2.43. The lowest BCUT2D eigenvalue weighted by Gasteiger charge is -2.35. The van der Waals surface area contributed by atoms with Gasteiger partial charge in [-0.1, -0.05) is 19.8 Å². The molecule has 1 aromatic rings. The summed E-state index contributed by atoms with van der Waals surface area (Å²) in [4.78, 5) is 4.27. The van der Waals surface area contributed by atoms with E-state index in [9.17, 15) is 0 Å². The lowest BCUT2D eigenvalue weighted by atomic mass is 9.76. The predicted octanol–water partition coefficient (Wildman–Crippen LogP) is 1.18. The molecule has 0 bridgehead atoms. The Morgan fingerprint density at radius 2 is 2.43 bits per heavy atom. The highest BCUT2D eigenvalue weighted by atomic mass is 15.3. The quantitative estimate of drug-likeness (QED) is 0.730. The van der Waals surface area contributed by atoms with Crippen LogP contribution in [-0.4, -0.2) is 14.8 Å². The maximum atomic E-state index is 6.39. The van der Waals surface area contributed by atoms with Gasteiger partial charge < -0.3 is 5.73 Å². The van der Waals surface area contributed by atoms with Gasteiger partial charge >= 0.3 is 0 Å². The van der Waals surface area contributed by atoms with Crippen molar-refractivity contribution in [2.24, 2.45) is 18.7 Å². The molecular weight excluding hydrogens is 176 g/mol. The van der Waals surface area contributed by atoms with E-state index in [1.165, 1.54) is 12.8 Å².